The fourth-order valence-electron chi connectivity index (χ4n) is 4.64. The second kappa shape index (κ2) is 8.62. The quantitative estimate of drug-likeness (QED) is 0.543. The van der Waals surface area contributed by atoms with E-state index in [1.807, 2.05) is 65.0 Å². The fraction of sp³-hybridized carbons (Fsp3) is 0.393. The number of ether oxygens (including phenoxy) is 2. The number of aromatic hydroxyl groups is 1. The average molecular weight is 448 g/mol. The van der Waals surface area contributed by atoms with E-state index < -0.39 is 5.60 Å². The van der Waals surface area contributed by atoms with Crippen molar-refractivity contribution in [3.05, 3.63) is 64.2 Å². The average Bonchev–Trinajstić information content (AvgIpc) is 2.83. The van der Waals surface area contributed by atoms with E-state index in [1.165, 1.54) is 0 Å². The molecule has 2 atom stereocenters. The van der Waals surface area contributed by atoms with E-state index in [2.05, 4.69) is 11.4 Å². The van der Waals surface area contributed by atoms with Gasteiger partial charge >= 0.3 is 0 Å². The number of carbonyl (C=O) groups excluding carboxylic acids is 1. The first-order valence-corrected chi connectivity index (χ1v) is 11.5. The molecule has 2 N–H and O–H groups in total. The number of phenols is 1. The number of phenolic OH excluding ortho intramolecular Hbond substituents is 1. The Morgan fingerprint density at radius 1 is 1.12 bits per heavy atom. The number of fused-ring (bicyclic) bond motifs is 2. The Balaban J connectivity index is 1.47. The SMILES string of the molecule is COc1ccc2cc([C@@H](C)C(=O)NCC3(C)CCc4c(C)c(O)c(C)c(C)c4O3)ccc2c1. The smallest absolute Gasteiger partial charge is 0.227 e. The maximum atomic E-state index is 13.0. The minimum Gasteiger partial charge on any atom is -0.507 e. The van der Waals surface area contributed by atoms with Crippen LogP contribution in [0.1, 0.15) is 54.0 Å². The lowest BCUT2D eigenvalue weighted by Gasteiger charge is -2.38. The van der Waals surface area contributed by atoms with Gasteiger partial charge in [-0.1, -0.05) is 24.3 Å². The van der Waals surface area contributed by atoms with Gasteiger partial charge in [0.25, 0.3) is 0 Å². The first kappa shape index (κ1) is 23.0. The van der Waals surface area contributed by atoms with Crippen molar-refractivity contribution in [1.29, 1.82) is 0 Å². The Hall–Kier alpha value is -3.21. The monoisotopic (exact) mass is 447 g/mol. The lowest BCUT2D eigenvalue weighted by molar-refractivity contribution is -0.123. The van der Waals surface area contributed by atoms with Crippen molar-refractivity contribution < 1.29 is 19.4 Å². The van der Waals surface area contributed by atoms with Gasteiger partial charge in [-0.3, -0.25) is 4.79 Å². The summed E-state index contributed by atoms with van der Waals surface area (Å²) in [7, 11) is 1.66. The highest BCUT2D eigenvalue weighted by Crippen LogP contribution is 2.43. The largest absolute Gasteiger partial charge is 0.507 e. The molecule has 0 fully saturated rings. The molecule has 0 saturated carbocycles. The third kappa shape index (κ3) is 4.24. The zero-order chi connectivity index (χ0) is 23.9. The predicted octanol–water partition coefficient (Wildman–Crippen LogP) is 5.48. The van der Waals surface area contributed by atoms with Crippen molar-refractivity contribution in [2.24, 2.45) is 0 Å². The van der Waals surface area contributed by atoms with E-state index in [-0.39, 0.29) is 11.8 Å². The van der Waals surface area contributed by atoms with E-state index in [9.17, 15) is 9.90 Å². The van der Waals surface area contributed by atoms with Crippen LogP contribution in [0.15, 0.2) is 36.4 Å². The Morgan fingerprint density at radius 2 is 1.82 bits per heavy atom. The second-order valence-corrected chi connectivity index (χ2v) is 9.50. The minimum absolute atomic E-state index is 0.0201. The summed E-state index contributed by atoms with van der Waals surface area (Å²) in [5, 5.41) is 15.7. The fourth-order valence-corrected chi connectivity index (χ4v) is 4.64. The summed E-state index contributed by atoms with van der Waals surface area (Å²) >= 11 is 0. The number of hydrogen-bond donors (Lipinski definition) is 2. The summed E-state index contributed by atoms with van der Waals surface area (Å²) in [5.41, 5.74) is 4.25. The molecule has 33 heavy (non-hydrogen) atoms. The first-order chi connectivity index (χ1) is 15.6. The standard InChI is InChI=1S/C28H33NO4/c1-16-17(2)26-24(19(4)25(16)30)11-12-28(5,33-26)15-29-27(31)18(3)20-7-8-22-14-23(32-6)10-9-21(22)13-20/h7-10,13-14,18,30H,11-12,15H2,1-6H3,(H,29,31)/t18-,28?/m1/s1. The minimum atomic E-state index is -0.497. The maximum Gasteiger partial charge on any atom is 0.227 e. The first-order valence-electron chi connectivity index (χ1n) is 11.5. The van der Waals surface area contributed by atoms with Gasteiger partial charge in [0, 0.05) is 5.56 Å². The molecule has 4 rings (SSSR count). The Bertz CT molecular complexity index is 1230. The van der Waals surface area contributed by atoms with Crippen LogP contribution in [0.3, 0.4) is 0 Å². The maximum absolute atomic E-state index is 13.0. The normalized spacial score (nSPS) is 18.4. The molecule has 1 aliphatic rings. The van der Waals surface area contributed by atoms with Crippen LogP contribution in [-0.2, 0) is 11.2 Å². The van der Waals surface area contributed by atoms with Crippen LogP contribution in [0.25, 0.3) is 10.8 Å². The molecule has 0 aliphatic carbocycles. The lowest BCUT2D eigenvalue weighted by atomic mass is 9.87. The van der Waals surface area contributed by atoms with Crippen molar-refractivity contribution in [3.8, 4) is 17.2 Å². The Morgan fingerprint density at radius 3 is 2.55 bits per heavy atom. The lowest BCUT2D eigenvalue weighted by Crippen LogP contribution is -2.48. The number of amides is 1. The van der Waals surface area contributed by atoms with Crippen LogP contribution in [-0.4, -0.2) is 30.3 Å². The van der Waals surface area contributed by atoms with Gasteiger partial charge in [-0.25, -0.2) is 0 Å². The molecule has 174 valence electrons. The Kier molecular flexibility index (Phi) is 6.00. The highest BCUT2D eigenvalue weighted by atomic mass is 16.5. The topological polar surface area (TPSA) is 67.8 Å². The van der Waals surface area contributed by atoms with Gasteiger partial charge in [-0.2, -0.15) is 0 Å². The molecule has 0 bridgehead atoms. The van der Waals surface area contributed by atoms with Crippen LogP contribution in [0.2, 0.25) is 0 Å². The van der Waals surface area contributed by atoms with E-state index >= 15 is 0 Å². The van der Waals surface area contributed by atoms with Crippen molar-refractivity contribution in [2.45, 2.75) is 59.0 Å². The van der Waals surface area contributed by atoms with Crippen LogP contribution in [0.4, 0.5) is 0 Å². The van der Waals surface area contributed by atoms with Gasteiger partial charge in [0.05, 0.1) is 19.6 Å². The summed E-state index contributed by atoms with van der Waals surface area (Å²) in [6, 6.07) is 12.0. The molecule has 0 spiro atoms. The zero-order valence-corrected chi connectivity index (χ0v) is 20.3. The number of benzene rings is 3. The van der Waals surface area contributed by atoms with Crippen LogP contribution in [0, 0.1) is 20.8 Å². The molecule has 0 aromatic heterocycles. The molecule has 0 saturated heterocycles. The van der Waals surface area contributed by atoms with Gasteiger partial charge in [-0.15, -0.1) is 0 Å². The number of hydrogen-bond acceptors (Lipinski definition) is 4. The van der Waals surface area contributed by atoms with Gasteiger partial charge in [-0.05, 0) is 92.6 Å². The molecule has 1 heterocycles. The molecular weight excluding hydrogens is 414 g/mol. The van der Waals surface area contributed by atoms with Crippen molar-refractivity contribution in [1.82, 2.24) is 5.32 Å². The summed E-state index contributed by atoms with van der Waals surface area (Å²) in [4.78, 5) is 13.0. The molecule has 1 aliphatic heterocycles. The second-order valence-electron chi connectivity index (χ2n) is 9.50. The Labute approximate surface area is 195 Å². The third-order valence-electron chi connectivity index (χ3n) is 7.19. The van der Waals surface area contributed by atoms with E-state index in [0.717, 1.165) is 62.9 Å². The number of nitrogens with one attached hydrogen (secondary N) is 1. The zero-order valence-electron chi connectivity index (χ0n) is 20.3. The van der Waals surface area contributed by atoms with Crippen molar-refractivity contribution in [2.75, 3.05) is 13.7 Å². The number of rotatable bonds is 5. The number of carbonyl (C=O) groups is 1. The van der Waals surface area contributed by atoms with Gasteiger partial charge < -0.3 is 19.9 Å². The molecule has 0 radical (unpaired) electrons. The molecule has 1 unspecified atom stereocenters. The summed E-state index contributed by atoms with van der Waals surface area (Å²) in [6.45, 7) is 10.2. The van der Waals surface area contributed by atoms with E-state index in [4.69, 9.17) is 9.47 Å². The van der Waals surface area contributed by atoms with Gasteiger partial charge in [0.2, 0.25) is 5.91 Å². The van der Waals surface area contributed by atoms with Gasteiger partial charge in [0.1, 0.15) is 22.8 Å². The molecule has 5 nitrogen and oxygen atoms in total. The van der Waals surface area contributed by atoms with Crippen molar-refractivity contribution in [3.63, 3.8) is 0 Å². The molecule has 1 amide bonds. The molecule has 5 heteroatoms. The van der Waals surface area contributed by atoms with Crippen LogP contribution in [0.5, 0.6) is 17.2 Å². The molecule has 3 aromatic carbocycles. The summed E-state index contributed by atoms with van der Waals surface area (Å²) < 4.78 is 11.7. The highest BCUT2D eigenvalue weighted by molar-refractivity contribution is 5.88. The van der Waals surface area contributed by atoms with E-state index in [0.29, 0.717) is 12.3 Å². The predicted molar refractivity (Wildman–Crippen MR) is 132 cm³/mol. The van der Waals surface area contributed by atoms with Crippen molar-refractivity contribution >= 4 is 16.7 Å². The van der Waals surface area contributed by atoms with Crippen LogP contribution < -0.4 is 14.8 Å². The highest BCUT2D eigenvalue weighted by Gasteiger charge is 2.35. The molecular formula is C28H33NO4. The summed E-state index contributed by atoms with van der Waals surface area (Å²) in [5.74, 6) is 1.73. The molecule has 3 aromatic rings. The number of methoxy groups -OCH3 is 1. The van der Waals surface area contributed by atoms with E-state index in [1.54, 1.807) is 7.11 Å². The van der Waals surface area contributed by atoms with Crippen LogP contribution >= 0.6 is 0 Å². The third-order valence-corrected chi connectivity index (χ3v) is 7.19. The van der Waals surface area contributed by atoms with Gasteiger partial charge in [0.15, 0.2) is 0 Å². The summed E-state index contributed by atoms with van der Waals surface area (Å²) in [6.07, 6.45) is 1.58.